The van der Waals surface area contributed by atoms with Gasteiger partial charge in [0.2, 0.25) is 10.9 Å². The number of carbonyl (C=O) groups is 1. The van der Waals surface area contributed by atoms with E-state index in [1.165, 1.54) is 26.4 Å². The largest absolute Gasteiger partial charge is 0.493 e. The molecule has 3 nitrogen and oxygen atoms in total. The highest BCUT2D eigenvalue weighted by atomic mass is 79.9. The fourth-order valence-electron chi connectivity index (χ4n) is 1.12. The Hall–Kier alpha value is -1.10. The van der Waals surface area contributed by atoms with Crippen molar-refractivity contribution in [3.8, 4) is 11.5 Å². The third-order valence-electron chi connectivity index (χ3n) is 1.87. The van der Waals surface area contributed by atoms with E-state index < -0.39 is 10.9 Å². The summed E-state index contributed by atoms with van der Waals surface area (Å²) in [4.78, 5) is 11.3. The quantitative estimate of drug-likeness (QED) is 0.626. The van der Waals surface area contributed by atoms with Crippen LogP contribution in [0.25, 0.3) is 0 Å². The highest BCUT2D eigenvalue weighted by molar-refractivity contribution is 9.09. The zero-order chi connectivity index (χ0) is 11.4. The molecule has 1 rings (SSSR count). The van der Waals surface area contributed by atoms with E-state index in [4.69, 9.17) is 9.47 Å². The Morgan fingerprint density at radius 3 is 2.40 bits per heavy atom. The number of carbonyl (C=O) groups excluding carboxylic acids is 1. The minimum atomic E-state index is -1.70. The van der Waals surface area contributed by atoms with E-state index in [1.807, 2.05) is 0 Å². The monoisotopic (exact) mass is 276 g/mol. The molecule has 5 heteroatoms. The highest BCUT2D eigenvalue weighted by Gasteiger charge is 2.17. The van der Waals surface area contributed by atoms with E-state index in [2.05, 4.69) is 15.9 Å². The van der Waals surface area contributed by atoms with Crippen molar-refractivity contribution >= 4 is 21.7 Å². The average Bonchev–Trinajstić information content (AvgIpc) is 2.26. The van der Waals surface area contributed by atoms with Crippen LogP contribution in [0.5, 0.6) is 11.5 Å². The van der Waals surface area contributed by atoms with Gasteiger partial charge in [-0.3, -0.25) is 4.79 Å². The van der Waals surface area contributed by atoms with Crippen molar-refractivity contribution < 1.29 is 18.7 Å². The van der Waals surface area contributed by atoms with Gasteiger partial charge in [0, 0.05) is 5.56 Å². The molecule has 0 bridgehead atoms. The lowest BCUT2D eigenvalue weighted by Gasteiger charge is -2.08. The molecule has 1 unspecified atom stereocenters. The number of benzene rings is 1. The van der Waals surface area contributed by atoms with Crippen LogP contribution in [0, 0.1) is 0 Å². The number of rotatable bonds is 4. The van der Waals surface area contributed by atoms with E-state index in [1.54, 1.807) is 6.07 Å². The predicted octanol–water partition coefficient (Wildman–Crippen LogP) is 2.58. The number of alkyl halides is 2. The van der Waals surface area contributed by atoms with Crippen molar-refractivity contribution in [3.63, 3.8) is 0 Å². The summed E-state index contributed by atoms with van der Waals surface area (Å²) in [5, 5.41) is -1.70. The molecule has 1 atom stereocenters. The molecule has 0 spiro atoms. The minimum absolute atomic E-state index is 0.233. The molecule has 0 heterocycles. The maximum Gasteiger partial charge on any atom is 0.217 e. The van der Waals surface area contributed by atoms with Crippen LogP contribution in [0.4, 0.5) is 4.39 Å². The van der Waals surface area contributed by atoms with Crippen LogP contribution in [0.2, 0.25) is 0 Å². The van der Waals surface area contributed by atoms with Gasteiger partial charge in [-0.1, -0.05) is 0 Å². The summed E-state index contributed by atoms with van der Waals surface area (Å²) in [7, 11) is 2.94. The molecule has 0 saturated carbocycles. The number of hydrogen-bond acceptors (Lipinski definition) is 3. The van der Waals surface area contributed by atoms with Gasteiger partial charge < -0.3 is 9.47 Å². The van der Waals surface area contributed by atoms with Crippen LogP contribution in [0.15, 0.2) is 18.2 Å². The molecular formula is C10H10BrFO3. The Balaban J connectivity index is 3.08. The Labute approximate surface area is 95.3 Å². The number of ether oxygens (including phenoxy) is 2. The van der Waals surface area contributed by atoms with Crippen molar-refractivity contribution in [2.75, 3.05) is 14.2 Å². The topological polar surface area (TPSA) is 35.5 Å². The lowest BCUT2D eigenvalue weighted by molar-refractivity contribution is 0.0942. The Kier molecular flexibility index (Phi) is 4.08. The molecule has 0 fully saturated rings. The molecule has 0 N–H and O–H groups in total. The summed E-state index contributed by atoms with van der Waals surface area (Å²) in [6.45, 7) is 0. The molecule has 1 aromatic carbocycles. The van der Waals surface area contributed by atoms with Gasteiger partial charge in [-0.15, -0.1) is 0 Å². The van der Waals surface area contributed by atoms with Gasteiger partial charge in [-0.05, 0) is 34.1 Å². The lowest BCUT2D eigenvalue weighted by Crippen LogP contribution is -2.08. The molecule has 0 aliphatic heterocycles. The molecule has 0 radical (unpaired) electrons. The Morgan fingerprint density at radius 2 is 1.93 bits per heavy atom. The second-order valence-electron chi connectivity index (χ2n) is 2.73. The number of methoxy groups -OCH3 is 2. The molecule has 15 heavy (non-hydrogen) atoms. The van der Waals surface area contributed by atoms with E-state index in [9.17, 15) is 9.18 Å². The summed E-state index contributed by atoms with van der Waals surface area (Å²) in [6.07, 6.45) is 0. The van der Waals surface area contributed by atoms with Gasteiger partial charge in [0.25, 0.3) is 0 Å². The van der Waals surface area contributed by atoms with Gasteiger partial charge >= 0.3 is 0 Å². The minimum Gasteiger partial charge on any atom is -0.493 e. The number of ketones is 1. The standard InChI is InChI=1S/C10H10BrFO3/c1-14-7-4-3-6(5-8(7)15-2)9(13)10(11)12/h3-5,10H,1-2H3. The molecule has 0 amide bonds. The SMILES string of the molecule is COc1ccc(C(=O)C(F)Br)cc1OC. The first-order valence-corrected chi connectivity index (χ1v) is 5.06. The van der Waals surface area contributed by atoms with Crippen LogP contribution >= 0.6 is 15.9 Å². The third-order valence-corrected chi connectivity index (χ3v) is 2.28. The maximum absolute atomic E-state index is 12.7. The first-order chi connectivity index (χ1) is 7.10. The van der Waals surface area contributed by atoms with Crippen LogP contribution in [-0.2, 0) is 0 Å². The number of Topliss-reactive ketones (excluding diaryl/α,β-unsaturated/α-hetero) is 1. The molecule has 1 aromatic rings. The lowest BCUT2D eigenvalue weighted by atomic mass is 10.1. The van der Waals surface area contributed by atoms with Crippen LogP contribution < -0.4 is 9.47 Å². The Morgan fingerprint density at radius 1 is 1.33 bits per heavy atom. The zero-order valence-corrected chi connectivity index (χ0v) is 9.88. The molecule has 0 aromatic heterocycles. The summed E-state index contributed by atoms with van der Waals surface area (Å²) in [6, 6.07) is 4.48. The molecular weight excluding hydrogens is 267 g/mol. The second kappa shape index (κ2) is 5.11. The molecule has 82 valence electrons. The Bertz CT molecular complexity index is 366. The van der Waals surface area contributed by atoms with E-state index >= 15 is 0 Å². The van der Waals surface area contributed by atoms with Crippen LogP contribution in [0.3, 0.4) is 0 Å². The van der Waals surface area contributed by atoms with Crippen molar-refractivity contribution in [2.45, 2.75) is 5.08 Å². The normalized spacial score (nSPS) is 12.0. The van der Waals surface area contributed by atoms with E-state index in [-0.39, 0.29) is 5.56 Å². The summed E-state index contributed by atoms with van der Waals surface area (Å²) < 4.78 is 22.7. The van der Waals surface area contributed by atoms with Crippen molar-refractivity contribution in [2.24, 2.45) is 0 Å². The number of hydrogen-bond donors (Lipinski definition) is 0. The first-order valence-electron chi connectivity index (χ1n) is 4.14. The van der Waals surface area contributed by atoms with E-state index in [0.29, 0.717) is 11.5 Å². The summed E-state index contributed by atoms with van der Waals surface area (Å²) in [5.41, 5.74) is 0.233. The van der Waals surface area contributed by atoms with Crippen molar-refractivity contribution in [1.29, 1.82) is 0 Å². The van der Waals surface area contributed by atoms with Crippen molar-refractivity contribution in [1.82, 2.24) is 0 Å². The van der Waals surface area contributed by atoms with Crippen LogP contribution in [-0.4, -0.2) is 25.1 Å². The van der Waals surface area contributed by atoms with Gasteiger partial charge in [-0.25, -0.2) is 4.39 Å². The van der Waals surface area contributed by atoms with Crippen LogP contribution in [0.1, 0.15) is 10.4 Å². The second-order valence-corrected chi connectivity index (χ2v) is 3.54. The average molecular weight is 277 g/mol. The van der Waals surface area contributed by atoms with Gasteiger partial charge in [0.15, 0.2) is 11.5 Å². The zero-order valence-electron chi connectivity index (χ0n) is 8.29. The van der Waals surface area contributed by atoms with Gasteiger partial charge in [-0.2, -0.15) is 0 Å². The summed E-state index contributed by atoms with van der Waals surface area (Å²) in [5.74, 6) is 0.256. The number of halogens is 2. The highest BCUT2D eigenvalue weighted by Crippen LogP contribution is 2.28. The predicted molar refractivity (Wildman–Crippen MR) is 57.7 cm³/mol. The molecule has 0 saturated heterocycles. The summed E-state index contributed by atoms with van der Waals surface area (Å²) >= 11 is 2.57. The fraction of sp³-hybridized carbons (Fsp3) is 0.300. The fourth-order valence-corrected chi connectivity index (χ4v) is 1.38. The van der Waals surface area contributed by atoms with Gasteiger partial charge in [0.05, 0.1) is 14.2 Å². The molecule has 0 aliphatic rings. The smallest absolute Gasteiger partial charge is 0.217 e. The molecule has 0 aliphatic carbocycles. The first kappa shape index (κ1) is 12.0. The maximum atomic E-state index is 12.7. The van der Waals surface area contributed by atoms with E-state index in [0.717, 1.165) is 0 Å². The third kappa shape index (κ3) is 2.68. The van der Waals surface area contributed by atoms with Gasteiger partial charge in [0.1, 0.15) is 0 Å². The van der Waals surface area contributed by atoms with Crippen molar-refractivity contribution in [3.05, 3.63) is 23.8 Å².